The summed E-state index contributed by atoms with van der Waals surface area (Å²) in [5.41, 5.74) is 4.20. The standard InChI is InChI=1S/C25H33N3O2.2ClH/c1-29-24-11-10-22(14-25(24)30-23-8-4-5-9-23)28-13-12-26-21(18-28)17-27-15-19-6-2-3-7-20(19)16-27;;/h2-3,6-7,10-11,14,21,23,26H,4-5,8-9,12-13,15-18H2,1H3;2*1H. The first-order valence-electron chi connectivity index (χ1n) is 11.4. The van der Waals surface area contributed by atoms with Crippen molar-refractivity contribution >= 4 is 30.5 Å². The molecule has 0 amide bonds. The van der Waals surface area contributed by atoms with Crippen LogP contribution in [0.3, 0.4) is 0 Å². The van der Waals surface area contributed by atoms with Gasteiger partial charge in [-0.25, -0.2) is 0 Å². The molecule has 32 heavy (non-hydrogen) atoms. The van der Waals surface area contributed by atoms with Crippen LogP contribution < -0.4 is 19.7 Å². The molecule has 2 fully saturated rings. The molecule has 1 unspecified atom stereocenters. The Balaban J connectivity index is 0.00000144. The zero-order valence-electron chi connectivity index (χ0n) is 18.8. The Morgan fingerprint density at radius 3 is 2.38 bits per heavy atom. The Kier molecular flexibility index (Phi) is 8.95. The molecule has 7 heteroatoms. The van der Waals surface area contributed by atoms with Gasteiger partial charge in [-0.3, -0.25) is 4.90 Å². The van der Waals surface area contributed by atoms with Gasteiger partial charge in [0.25, 0.3) is 0 Å². The highest BCUT2D eigenvalue weighted by Gasteiger charge is 2.26. The van der Waals surface area contributed by atoms with Crippen molar-refractivity contribution < 1.29 is 9.47 Å². The lowest BCUT2D eigenvalue weighted by Gasteiger charge is -2.37. The van der Waals surface area contributed by atoms with Crippen LogP contribution in [0.4, 0.5) is 5.69 Å². The van der Waals surface area contributed by atoms with Gasteiger partial charge in [-0.05, 0) is 48.9 Å². The predicted molar refractivity (Wildman–Crippen MR) is 135 cm³/mol. The molecule has 1 aliphatic carbocycles. The van der Waals surface area contributed by atoms with Crippen LogP contribution in [-0.4, -0.2) is 50.3 Å². The maximum Gasteiger partial charge on any atom is 0.163 e. The largest absolute Gasteiger partial charge is 0.493 e. The summed E-state index contributed by atoms with van der Waals surface area (Å²) >= 11 is 0. The van der Waals surface area contributed by atoms with Crippen LogP contribution in [0.2, 0.25) is 0 Å². The number of halogens is 2. The van der Waals surface area contributed by atoms with Gasteiger partial charge >= 0.3 is 0 Å². The van der Waals surface area contributed by atoms with E-state index in [1.165, 1.54) is 29.7 Å². The van der Waals surface area contributed by atoms with Crippen molar-refractivity contribution in [1.82, 2.24) is 10.2 Å². The summed E-state index contributed by atoms with van der Waals surface area (Å²) in [6.07, 6.45) is 5.18. The van der Waals surface area contributed by atoms with E-state index < -0.39 is 0 Å². The molecule has 2 aromatic rings. The SMILES string of the molecule is COc1ccc(N2CCNC(CN3Cc4ccccc4C3)C2)cc1OC1CCCC1.Cl.Cl. The Hall–Kier alpha value is -1.66. The van der Waals surface area contributed by atoms with Gasteiger partial charge in [-0.1, -0.05) is 24.3 Å². The lowest BCUT2D eigenvalue weighted by molar-refractivity contribution is 0.201. The van der Waals surface area contributed by atoms with E-state index in [2.05, 4.69) is 57.6 Å². The van der Waals surface area contributed by atoms with E-state index in [0.29, 0.717) is 12.1 Å². The number of anilines is 1. The summed E-state index contributed by atoms with van der Waals surface area (Å²) in [6, 6.07) is 15.7. The van der Waals surface area contributed by atoms with Crippen molar-refractivity contribution in [3.63, 3.8) is 0 Å². The third kappa shape index (κ3) is 5.63. The van der Waals surface area contributed by atoms with Crippen LogP contribution >= 0.6 is 24.8 Å². The highest BCUT2D eigenvalue weighted by atomic mass is 35.5. The fourth-order valence-electron chi connectivity index (χ4n) is 5.17. The normalized spacial score (nSPS) is 20.9. The van der Waals surface area contributed by atoms with Crippen LogP contribution in [0.15, 0.2) is 42.5 Å². The van der Waals surface area contributed by atoms with Crippen molar-refractivity contribution in [3.8, 4) is 11.5 Å². The molecule has 1 atom stereocenters. The molecule has 0 spiro atoms. The molecule has 176 valence electrons. The second kappa shape index (κ2) is 11.5. The first-order chi connectivity index (χ1) is 14.8. The van der Waals surface area contributed by atoms with Crippen molar-refractivity contribution in [2.45, 2.75) is 50.9 Å². The van der Waals surface area contributed by atoms with Crippen molar-refractivity contribution in [1.29, 1.82) is 0 Å². The number of methoxy groups -OCH3 is 1. The molecule has 3 aliphatic rings. The number of hydrogen-bond acceptors (Lipinski definition) is 5. The second-order valence-corrected chi connectivity index (χ2v) is 8.89. The van der Waals surface area contributed by atoms with E-state index in [-0.39, 0.29) is 24.8 Å². The number of fused-ring (bicyclic) bond motifs is 1. The quantitative estimate of drug-likeness (QED) is 0.652. The summed E-state index contributed by atoms with van der Waals surface area (Å²) < 4.78 is 11.9. The number of piperazine rings is 1. The van der Waals surface area contributed by atoms with E-state index in [9.17, 15) is 0 Å². The fourth-order valence-corrected chi connectivity index (χ4v) is 5.17. The molecule has 0 aromatic heterocycles. The highest BCUT2D eigenvalue weighted by molar-refractivity contribution is 5.85. The fraction of sp³-hybridized carbons (Fsp3) is 0.520. The minimum atomic E-state index is 0. The number of hydrogen-bond donors (Lipinski definition) is 1. The maximum absolute atomic E-state index is 6.32. The Labute approximate surface area is 204 Å². The molecule has 1 saturated heterocycles. The van der Waals surface area contributed by atoms with E-state index in [0.717, 1.165) is 63.6 Å². The molecule has 2 aromatic carbocycles. The van der Waals surface area contributed by atoms with Crippen LogP contribution in [0.25, 0.3) is 0 Å². The molecule has 2 heterocycles. The average molecular weight is 480 g/mol. The summed E-state index contributed by atoms with van der Waals surface area (Å²) in [7, 11) is 1.73. The smallest absolute Gasteiger partial charge is 0.163 e. The Bertz CT molecular complexity index is 851. The lowest BCUT2D eigenvalue weighted by atomic mass is 10.1. The minimum Gasteiger partial charge on any atom is -0.493 e. The second-order valence-electron chi connectivity index (χ2n) is 8.89. The molecule has 0 bridgehead atoms. The summed E-state index contributed by atoms with van der Waals surface area (Å²) in [4.78, 5) is 5.06. The lowest BCUT2D eigenvalue weighted by Crippen LogP contribution is -2.54. The summed E-state index contributed by atoms with van der Waals surface area (Å²) in [6.45, 7) is 6.25. The first-order valence-corrected chi connectivity index (χ1v) is 11.4. The van der Waals surface area contributed by atoms with Crippen LogP contribution in [-0.2, 0) is 13.1 Å². The molecule has 5 rings (SSSR count). The minimum absolute atomic E-state index is 0. The number of nitrogens with zero attached hydrogens (tertiary/aromatic N) is 2. The molecule has 0 radical (unpaired) electrons. The third-order valence-corrected chi connectivity index (χ3v) is 6.75. The predicted octanol–water partition coefficient (Wildman–Crippen LogP) is 4.65. The number of ether oxygens (including phenoxy) is 2. The van der Waals surface area contributed by atoms with Crippen LogP contribution in [0, 0.1) is 0 Å². The maximum atomic E-state index is 6.32. The number of nitrogens with one attached hydrogen (secondary N) is 1. The van der Waals surface area contributed by atoms with Crippen molar-refractivity contribution in [2.24, 2.45) is 0 Å². The van der Waals surface area contributed by atoms with E-state index in [1.54, 1.807) is 7.11 Å². The summed E-state index contributed by atoms with van der Waals surface area (Å²) in [5, 5.41) is 3.73. The van der Waals surface area contributed by atoms with E-state index >= 15 is 0 Å². The van der Waals surface area contributed by atoms with E-state index in [4.69, 9.17) is 9.47 Å². The Morgan fingerprint density at radius 2 is 1.69 bits per heavy atom. The van der Waals surface area contributed by atoms with Crippen molar-refractivity contribution in [2.75, 3.05) is 38.2 Å². The first kappa shape index (κ1) is 25.0. The molecule has 5 nitrogen and oxygen atoms in total. The zero-order chi connectivity index (χ0) is 20.3. The van der Waals surface area contributed by atoms with Gasteiger partial charge < -0.3 is 19.7 Å². The third-order valence-electron chi connectivity index (χ3n) is 6.75. The van der Waals surface area contributed by atoms with Gasteiger partial charge in [0.1, 0.15) is 0 Å². The van der Waals surface area contributed by atoms with Gasteiger partial charge in [-0.2, -0.15) is 0 Å². The molecule has 1 saturated carbocycles. The van der Waals surface area contributed by atoms with Crippen LogP contribution in [0.1, 0.15) is 36.8 Å². The van der Waals surface area contributed by atoms with Gasteiger partial charge in [-0.15, -0.1) is 24.8 Å². The van der Waals surface area contributed by atoms with Gasteiger partial charge in [0, 0.05) is 57.1 Å². The average Bonchev–Trinajstić information content (AvgIpc) is 3.43. The topological polar surface area (TPSA) is 37.0 Å². The van der Waals surface area contributed by atoms with Gasteiger partial charge in [0.15, 0.2) is 11.5 Å². The zero-order valence-corrected chi connectivity index (χ0v) is 20.4. The van der Waals surface area contributed by atoms with Crippen LogP contribution in [0.5, 0.6) is 11.5 Å². The highest BCUT2D eigenvalue weighted by Crippen LogP contribution is 2.35. The van der Waals surface area contributed by atoms with Gasteiger partial charge in [0.2, 0.25) is 0 Å². The molecule has 1 N–H and O–H groups in total. The van der Waals surface area contributed by atoms with Crippen molar-refractivity contribution in [3.05, 3.63) is 53.6 Å². The van der Waals surface area contributed by atoms with Gasteiger partial charge in [0.05, 0.1) is 13.2 Å². The van der Waals surface area contributed by atoms with E-state index in [1.807, 2.05) is 0 Å². The Morgan fingerprint density at radius 1 is 0.969 bits per heavy atom. The monoisotopic (exact) mass is 479 g/mol. The molecular weight excluding hydrogens is 445 g/mol. The number of rotatable bonds is 6. The molecule has 2 aliphatic heterocycles. The summed E-state index contributed by atoms with van der Waals surface area (Å²) in [5.74, 6) is 1.74. The molecular formula is C25H35Cl2N3O2. The number of benzene rings is 2.